The number of fused-ring (bicyclic) bond motifs is 1. The molecule has 0 aliphatic heterocycles. The number of hydrogen-bond donors (Lipinski definition) is 1. The molecular weight excluding hydrogens is 404 g/mol. The zero-order valence-corrected chi connectivity index (χ0v) is 17.3. The summed E-state index contributed by atoms with van der Waals surface area (Å²) in [6, 6.07) is 27.4. The molecule has 0 saturated carbocycles. The van der Waals surface area contributed by atoms with Crippen molar-refractivity contribution in [2.75, 3.05) is 0 Å². The third-order valence-corrected chi connectivity index (χ3v) is 5.80. The van der Waals surface area contributed by atoms with E-state index in [-0.39, 0.29) is 5.91 Å². The standard InChI is InChI=1S/C25H18N4OS/c30-25(22-13-6-9-18-8-4-5-12-21(18)22)27-26-16-19-17-29(20-10-2-1-3-11-20)28-24(19)23-14-7-15-31-23/h1-17H,(H,27,30)/b26-16-. The first-order valence-corrected chi connectivity index (χ1v) is 10.7. The zero-order chi connectivity index (χ0) is 21.0. The van der Waals surface area contributed by atoms with Gasteiger partial charge in [0.2, 0.25) is 0 Å². The van der Waals surface area contributed by atoms with Gasteiger partial charge in [-0.05, 0) is 40.4 Å². The SMILES string of the molecule is O=C(N/N=C\c1cn(-c2ccccc2)nc1-c1cccs1)c1cccc2ccccc12. The number of hydrazone groups is 1. The number of benzene rings is 3. The number of hydrogen-bond acceptors (Lipinski definition) is 4. The molecule has 2 aromatic heterocycles. The van der Waals surface area contributed by atoms with Gasteiger partial charge >= 0.3 is 0 Å². The lowest BCUT2D eigenvalue weighted by atomic mass is 10.0. The molecule has 0 bridgehead atoms. The minimum absolute atomic E-state index is 0.249. The summed E-state index contributed by atoms with van der Waals surface area (Å²) in [6.45, 7) is 0. The van der Waals surface area contributed by atoms with Gasteiger partial charge in [0, 0.05) is 17.3 Å². The van der Waals surface area contributed by atoms with Crippen molar-refractivity contribution >= 4 is 34.2 Å². The fraction of sp³-hybridized carbons (Fsp3) is 0. The van der Waals surface area contributed by atoms with Gasteiger partial charge in [0.05, 0.1) is 16.8 Å². The van der Waals surface area contributed by atoms with Gasteiger partial charge in [-0.2, -0.15) is 10.2 Å². The van der Waals surface area contributed by atoms with Crippen molar-refractivity contribution in [3.8, 4) is 16.3 Å². The second-order valence-electron chi connectivity index (χ2n) is 6.92. The van der Waals surface area contributed by atoms with Gasteiger partial charge in [0.25, 0.3) is 5.91 Å². The van der Waals surface area contributed by atoms with Gasteiger partial charge in [0.1, 0.15) is 5.69 Å². The summed E-state index contributed by atoms with van der Waals surface area (Å²) in [5, 5.41) is 12.9. The first kappa shape index (κ1) is 19.0. The van der Waals surface area contributed by atoms with E-state index in [1.165, 1.54) is 0 Å². The summed E-state index contributed by atoms with van der Waals surface area (Å²) < 4.78 is 1.82. The van der Waals surface area contributed by atoms with Crippen LogP contribution in [0.2, 0.25) is 0 Å². The number of amides is 1. The molecule has 2 heterocycles. The van der Waals surface area contributed by atoms with Crippen LogP contribution in [0.25, 0.3) is 27.0 Å². The number of nitrogens with zero attached hydrogens (tertiary/aromatic N) is 3. The molecule has 5 rings (SSSR count). The predicted octanol–water partition coefficient (Wildman–Crippen LogP) is 5.52. The second-order valence-corrected chi connectivity index (χ2v) is 7.86. The summed E-state index contributed by atoms with van der Waals surface area (Å²) in [6.07, 6.45) is 3.56. The minimum Gasteiger partial charge on any atom is -0.267 e. The molecule has 6 heteroatoms. The van der Waals surface area contributed by atoms with Gasteiger partial charge in [-0.3, -0.25) is 4.79 Å². The van der Waals surface area contributed by atoms with Gasteiger partial charge in [-0.1, -0.05) is 60.7 Å². The average molecular weight is 423 g/mol. The second kappa shape index (κ2) is 8.38. The van der Waals surface area contributed by atoms with E-state index < -0.39 is 0 Å². The Hall–Kier alpha value is -4.03. The number of thiophene rings is 1. The van der Waals surface area contributed by atoms with Crippen LogP contribution in [0.1, 0.15) is 15.9 Å². The van der Waals surface area contributed by atoms with Crippen LogP contribution < -0.4 is 5.43 Å². The van der Waals surface area contributed by atoms with Crippen molar-refractivity contribution in [3.05, 3.63) is 108 Å². The van der Waals surface area contributed by atoms with E-state index in [0.29, 0.717) is 5.56 Å². The Labute approximate surface area is 183 Å². The Kier molecular flexibility index (Phi) is 5.12. The fourth-order valence-corrected chi connectivity index (χ4v) is 4.17. The molecule has 0 unspecified atom stereocenters. The molecule has 150 valence electrons. The number of nitrogens with one attached hydrogen (secondary N) is 1. The normalized spacial score (nSPS) is 11.2. The zero-order valence-electron chi connectivity index (χ0n) is 16.5. The number of para-hydroxylation sites is 1. The molecule has 0 aliphatic rings. The number of aromatic nitrogens is 2. The molecule has 3 aromatic carbocycles. The summed E-state index contributed by atoms with van der Waals surface area (Å²) in [5.41, 5.74) is 5.85. The molecular formula is C25H18N4OS. The number of rotatable bonds is 5. The van der Waals surface area contributed by atoms with E-state index in [4.69, 9.17) is 5.10 Å². The van der Waals surface area contributed by atoms with Gasteiger partial charge in [0.15, 0.2) is 0 Å². The molecule has 31 heavy (non-hydrogen) atoms. The van der Waals surface area contributed by atoms with Crippen LogP contribution in [0.15, 0.2) is 102 Å². The highest BCUT2D eigenvalue weighted by Gasteiger charge is 2.13. The Morgan fingerprint density at radius 1 is 0.935 bits per heavy atom. The lowest BCUT2D eigenvalue weighted by molar-refractivity contribution is 0.0957. The van der Waals surface area contributed by atoms with Crippen molar-refractivity contribution in [1.29, 1.82) is 0 Å². The summed E-state index contributed by atoms with van der Waals surface area (Å²) in [7, 11) is 0. The fourth-order valence-electron chi connectivity index (χ4n) is 3.44. The molecule has 0 spiro atoms. The maximum absolute atomic E-state index is 12.7. The van der Waals surface area contributed by atoms with E-state index in [1.54, 1.807) is 23.6 Å². The molecule has 0 aliphatic carbocycles. The highest BCUT2D eigenvalue weighted by molar-refractivity contribution is 7.13. The van der Waals surface area contributed by atoms with Crippen molar-refractivity contribution in [1.82, 2.24) is 15.2 Å². The maximum Gasteiger partial charge on any atom is 0.271 e. The highest BCUT2D eigenvalue weighted by Crippen LogP contribution is 2.27. The van der Waals surface area contributed by atoms with Crippen LogP contribution >= 0.6 is 11.3 Å². The van der Waals surface area contributed by atoms with Crippen LogP contribution in [-0.2, 0) is 0 Å². The first-order valence-electron chi connectivity index (χ1n) is 9.80. The van der Waals surface area contributed by atoms with E-state index >= 15 is 0 Å². The first-order chi connectivity index (χ1) is 15.3. The Bertz CT molecular complexity index is 1370. The molecule has 5 aromatic rings. The van der Waals surface area contributed by atoms with Crippen LogP contribution in [0.3, 0.4) is 0 Å². The van der Waals surface area contributed by atoms with E-state index in [9.17, 15) is 4.79 Å². The minimum atomic E-state index is -0.249. The average Bonchev–Trinajstić information content (AvgIpc) is 3.49. The molecule has 0 saturated heterocycles. The van der Waals surface area contributed by atoms with E-state index in [0.717, 1.165) is 32.6 Å². The van der Waals surface area contributed by atoms with Crippen molar-refractivity contribution in [2.45, 2.75) is 0 Å². The summed E-state index contributed by atoms with van der Waals surface area (Å²) in [5.74, 6) is -0.249. The predicted molar refractivity (Wildman–Crippen MR) is 126 cm³/mol. The number of carbonyl (C=O) groups excluding carboxylic acids is 1. The third kappa shape index (κ3) is 3.89. The Morgan fingerprint density at radius 2 is 1.74 bits per heavy atom. The van der Waals surface area contributed by atoms with Crippen LogP contribution in [-0.4, -0.2) is 21.9 Å². The van der Waals surface area contributed by atoms with Gasteiger partial charge < -0.3 is 0 Å². The van der Waals surface area contributed by atoms with Gasteiger partial charge in [-0.15, -0.1) is 11.3 Å². The molecule has 1 N–H and O–H groups in total. The van der Waals surface area contributed by atoms with Gasteiger partial charge in [-0.25, -0.2) is 10.1 Å². The topological polar surface area (TPSA) is 59.3 Å². The van der Waals surface area contributed by atoms with Crippen LogP contribution in [0.4, 0.5) is 0 Å². The molecule has 0 atom stereocenters. The van der Waals surface area contributed by atoms with Crippen LogP contribution in [0.5, 0.6) is 0 Å². The monoisotopic (exact) mass is 422 g/mol. The van der Waals surface area contributed by atoms with E-state index in [1.807, 2.05) is 95.1 Å². The van der Waals surface area contributed by atoms with Crippen molar-refractivity contribution in [3.63, 3.8) is 0 Å². The molecule has 5 nitrogen and oxygen atoms in total. The smallest absolute Gasteiger partial charge is 0.267 e. The molecule has 0 radical (unpaired) electrons. The largest absolute Gasteiger partial charge is 0.271 e. The summed E-state index contributed by atoms with van der Waals surface area (Å²) >= 11 is 1.61. The van der Waals surface area contributed by atoms with Crippen molar-refractivity contribution in [2.24, 2.45) is 5.10 Å². The Morgan fingerprint density at radius 3 is 2.58 bits per heavy atom. The maximum atomic E-state index is 12.7. The highest BCUT2D eigenvalue weighted by atomic mass is 32.1. The molecule has 0 fully saturated rings. The summed E-state index contributed by atoms with van der Waals surface area (Å²) in [4.78, 5) is 13.8. The van der Waals surface area contributed by atoms with Crippen LogP contribution in [0, 0.1) is 0 Å². The van der Waals surface area contributed by atoms with Crippen molar-refractivity contribution < 1.29 is 4.79 Å². The third-order valence-electron chi connectivity index (χ3n) is 4.92. The van der Waals surface area contributed by atoms with E-state index in [2.05, 4.69) is 10.5 Å². The lowest BCUT2D eigenvalue weighted by Gasteiger charge is -2.04. The lowest BCUT2D eigenvalue weighted by Crippen LogP contribution is -2.17. The Balaban J connectivity index is 1.44. The number of carbonyl (C=O) groups is 1. The quantitative estimate of drug-likeness (QED) is 0.300. The molecule has 1 amide bonds.